The highest BCUT2D eigenvalue weighted by molar-refractivity contribution is 5.95. The van der Waals surface area contributed by atoms with E-state index in [0.29, 0.717) is 35.2 Å². The van der Waals surface area contributed by atoms with Crippen LogP contribution in [0.2, 0.25) is 0 Å². The number of benzene rings is 2. The summed E-state index contributed by atoms with van der Waals surface area (Å²) in [6, 6.07) is 12.5. The molecule has 1 N–H and O–H groups in total. The molecule has 0 saturated heterocycles. The fraction of sp³-hybridized carbons (Fsp3) is 0.300. The van der Waals surface area contributed by atoms with Crippen molar-refractivity contribution in [3.8, 4) is 17.2 Å². The molecule has 27 heavy (non-hydrogen) atoms. The zero-order chi connectivity index (χ0) is 19.2. The number of carbonyl (C=O) groups excluding carboxylic acids is 2. The van der Waals surface area contributed by atoms with E-state index in [9.17, 15) is 9.59 Å². The number of hydrogen-bond acceptors (Lipinski definition) is 5. The lowest BCUT2D eigenvalue weighted by Crippen LogP contribution is -2.32. The molecule has 0 unspecified atom stereocenters. The monoisotopic (exact) mass is 370 g/mol. The fourth-order valence-electron chi connectivity index (χ4n) is 2.82. The average molecular weight is 370 g/mol. The smallest absolute Gasteiger partial charge is 0.231 e. The van der Waals surface area contributed by atoms with Crippen molar-refractivity contribution in [1.82, 2.24) is 0 Å². The van der Waals surface area contributed by atoms with E-state index in [2.05, 4.69) is 5.32 Å². The highest BCUT2D eigenvalue weighted by Gasteiger charge is 2.18. The van der Waals surface area contributed by atoms with Crippen molar-refractivity contribution in [2.24, 2.45) is 0 Å². The average Bonchev–Trinajstić information content (AvgIpc) is 3.11. The zero-order valence-corrected chi connectivity index (χ0v) is 15.4. The quantitative estimate of drug-likeness (QED) is 0.810. The molecule has 1 aliphatic heterocycles. The molecule has 1 heterocycles. The van der Waals surface area contributed by atoms with Gasteiger partial charge in [0.05, 0.1) is 12.3 Å². The lowest BCUT2D eigenvalue weighted by molar-refractivity contribution is -0.117. The second kappa shape index (κ2) is 8.44. The van der Waals surface area contributed by atoms with Crippen molar-refractivity contribution < 1.29 is 23.8 Å². The first-order valence-corrected chi connectivity index (χ1v) is 8.78. The molecule has 0 fully saturated rings. The SMILES string of the molecule is CCOc1ccccc1N(CCC(=O)Nc1ccc2c(c1)OCO2)C(C)=O. The summed E-state index contributed by atoms with van der Waals surface area (Å²) in [5.41, 5.74) is 1.27. The van der Waals surface area contributed by atoms with Gasteiger partial charge in [0.1, 0.15) is 5.75 Å². The van der Waals surface area contributed by atoms with E-state index in [4.69, 9.17) is 14.2 Å². The van der Waals surface area contributed by atoms with Crippen LogP contribution in [0.4, 0.5) is 11.4 Å². The third kappa shape index (κ3) is 4.49. The summed E-state index contributed by atoms with van der Waals surface area (Å²) < 4.78 is 16.1. The Hall–Kier alpha value is -3.22. The van der Waals surface area contributed by atoms with Gasteiger partial charge >= 0.3 is 0 Å². The van der Waals surface area contributed by atoms with Crippen LogP contribution >= 0.6 is 0 Å². The molecule has 7 heteroatoms. The standard InChI is InChI=1S/C20H22N2O5/c1-3-25-17-7-5-4-6-16(17)22(14(2)23)11-10-20(24)21-15-8-9-18-19(12-15)27-13-26-18/h4-9,12H,3,10-11,13H2,1-2H3,(H,21,24). The number of ether oxygens (including phenoxy) is 3. The van der Waals surface area contributed by atoms with Gasteiger partial charge in [-0.25, -0.2) is 0 Å². The molecule has 0 bridgehead atoms. The Morgan fingerprint density at radius 2 is 1.93 bits per heavy atom. The van der Waals surface area contributed by atoms with Gasteiger partial charge in [-0.3, -0.25) is 9.59 Å². The molecule has 1 aliphatic rings. The Labute approximate surface area is 157 Å². The Balaban J connectivity index is 1.64. The van der Waals surface area contributed by atoms with Gasteiger partial charge in [0.15, 0.2) is 11.5 Å². The third-order valence-electron chi connectivity index (χ3n) is 4.05. The minimum atomic E-state index is -0.200. The summed E-state index contributed by atoms with van der Waals surface area (Å²) in [6.45, 7) is 4.27. The topological polar surface area (TPSA) is 77.1 Å². The predicted molar refractivity (Wildman–Crippen MR) is 101 cm³/mol. The first-order chi connectivity index (χ1) is 13.1. The second-order valence-corrected chi connectivity index (χ2v) is 5.94. The molecule has 0 aliphatic carbocycles. The van der Waals surface area contributed by atoms with E-state index in [1.807, 2.05) is 31.2 Å². The summed E-state index contributed by atoms with van der Waals surface area (Å²) in [7, 11) is 0. The lowest BCUT2D eigenvalue weighted by atomic mass is 10.2. The first-order valence-electron chi connectivity index (χ1n) is 8.78. The van der Waals surface area contributed by atoms with Crippen molar-refractivity contribution in [3.05, 3.63) is 42.5 Å². The number of amides is 2. The molecule has 2 aromatic carbocycles. The summed E-state index contributed by atoms with van der Waals surface area (Å²) in [5.74, 6) is 1.52. The Morgan fingerprint density at radius 3 is 2.70 bits per heavy atom. The van der Waals surface area contributed by atoms with Crippen molar-refractivity contribution in [3.63, 3.8) is 0 Å². The molecular weight excluding hydrogens is 348 g/mol. The van der Waals surface area contributed by atoms with E-state index >= 15 is 0 Å². The van der Waals surface area contributed by atoms with Gasteiger partial charge in [0.25, 0.3) is 0 Å². The molecule has 0 spiro atoms. The fourth-order valence-corrected chi connectivity index (χ4v) is 2.82. The molecule has 142 valence electrons. The first kappa shape index (κ1) is 18.6. The summed E-state index contributed by atoms with van der Waals surface area (Å²) >= 11 is 0. The van der Waals surface area contributed by atoms with Gasteiger partial charge in [-0.05, 0) is 31.2 Å². The van der Waals surface area contributed by atoms with E-state index in [0.717, 1.165) is 0 Å². The molecule has 2 amide bonds. The van der Waals surface area contributed by atoms with Crippen LogP contribution in [0.1, 0.15) is 20.3 Å². The predicted octanol–water partition coefficient (Wildman–Crippen LogP) is 3.20. The number of fused-ring (bicyclic) bond motifs is 1. The van der Waals surface area contributed by atoms with Gasteiger partial charge in [0.2, 0.25) is 18.6 Å². The van der Waals surface area contributed by atoms with Crippen LogP contribution in [0, 0.1) is 0 Å². The number of nitrogens with one attached hydrogen (secondary N) is 1. The van der Waals surface area contributed by atoms with Crippen molar-refractivity contribution >= 4 is 23.2 Å². The summed E-state index contributed by atoms with van der Waals surface area (Å²) in [5, 5.41) is 2.81. The van der Waals surface area contributed by atoms with Gasteiger partial charge in [0, 0.05) is 31.6 Å². The largest absolute Gasteiger partial charge is 0.492 e. The van der Waals surface area contributed by atoms with Crippen molar-refractivity contribution in [2.75, 3.05) is 30.2 Å². The Morgan fingerprint density at radius 1 is 1.15 bits per heavy atom. The number of nitrogens with zero attached hydrogens (tertiary/aromatic N) is 1. The normalized spacial score (nSPS) is 11.8. The molecule has 0 saturated carbocycles. The maximum absolute atomic E-state index is 12.3. The van der Waals surface area contributed by atoms with Crippen molar-refractivity contribution in [1.29, 1.82) is 0 Å². The van der Waals surface area contributed by atoms with Crippen LogP contribution in [0.3, 0.4) is 0 Å². The molecular formula is C20H22N2O5. The summed E-state index contributed by atoms with van der Waals surface area (Å²) in [4.78, 5) is 26.0. The minimum Gasteiger partial charge on any atom is -0.492 e. The minimum absolute atomic E-state index is 0.147. The van der Waals surface area contributed by atoms with Crippen LogP contribution in [0.25, 0.3) is 0 Å². The number of anilines is 2. The van der Waals surface area contributed by atoms with E-state index in [1.165, 1.54) is 6.92 Å². The number of para-hydroxylation sites is 2. The molecule has 0 atom stereocenters. The molecule has 2 aromatic rings. The van der Waals surface area contributed by atoms with Crippen molar-refractivity contribution in [2.45, 2.75) is 20.3 Å². The van der Waals surface area contributed by atoms with Gasteiger partial charge in [-0.15, -0.1) is 0 Å². The molecule has 3 rings (SSSR count). The third-order valence-corrected chi connectivity index (χ3v) is 4.05. The maximum Gasteiger partial charge on any atom is 0.231 e. The lowest BCUT2D eigenvalue weighted by Gasteiger charge is -2.23. The zero-order valence-electron chi connectivity index (χ0n) is 15.4. The Bertz CT molecular complexity index is 837. The number of hydrogen-bond donors (Lipinski definition) is 1. The Kier molecular flexibility index (Phi) is 5.80. The van der Waals surface area contributed by atoms with E-state index in [-0.39, 0.29) is 31.6 Å². The van der Waals surface area contributed by atoms with Crippen LogP contribution < -0.4 is 24.4 Å². The van der Waals surface area contributed by atoms with Crippen LogP contribution in [0.15, 0.2) is 42.5 Å². The van der Waals surface area contributed by atoms with Gasteiger partial charge in [-0.1, -0.05) is 12.1 Å². The number of carbonyl (C=O) groups is 2. The summed E-state index contributed by atoms with van der Waals surface area (Å²) in [6.07, 6.45) is 0.147. The maximum atomic E-state index is 12.3. The second-order valence-electron chi connectivity index (χ2n) is 5.94. The molecule has 0 radical (unpaired) electrons. The van der Waals surface area contributed by atoms with Gasteiger partial charge < -0.3 is 24.4 Å². The van der Waals surface area contributed by atoms with E-state index < -0.39 is 0 Å². The van der Waals surface area contributed by atoms with Crippen LogP contribution in [-0.2, 0) is 9.59 Å². The molecule has 7 nitrogen and oxygen atoms in total. The van der Waals surface area contributed by atoms with Crippen LogP contribution in [-0.4, -0.2) is 31.8 Å². The highest BCUT2D eigenvalue weighted by Crippen LogP contribution is 2.34. The highest BCUT2D eigenvalue weighted by atomic mass is 16.7. The number of rotatable bonds is 7. The van der Waals surface area contributed by atoms with E-state index in [1.54, 1.807) is 23.1 Å². The van der Waals surface area contributed by atoms with Crippen LogP contribution in [0.5, 0.6) is 17.2 Å². The van der Waals surface area contributed by atoms with Gasteiger partial charge in [-0.2, -0.15) is 0 Å². The molecule has 0 aromatic heterocycles.